The van der Waals surface area contributed by atoms with Gasteiger partial charge in [0.15, 0.2) is 0 Å². The van der Waals surface area contributed by atoms with Crippen LogP contribution in [0.25, 0.3) is 0 Å². The molecular formula is C9H7F7O4. The Kier molecular flexibility index (Phi) is 5.54. The minimum atomic E-state index is -6.08. The van der Waals surface area contributed by atoms with Gasteiger partial charge in [-0.15, -0.1) is 0 Å². The molecule has 0 heterocycles. The number of carbonyl (C=O) groups excluding carboxylic acids is 1. The molecule has 116 valence electrons. The summed E-state index contributed by atoms with van der Waals surface area (Å²) < 4.78 is 89.6. The van der Waals surface area contributed by atoms with Crippen LogP contribution < -0.4 is 0 Å². The molecule has 0 aromatic heterocycles. The summed E-state index contributed by atoms with van der Waals surface area (Å²) in [4.78, 5) is 21.0. The van der Waals surface area contributed by atoms with Gasteiger partial charge in [0.05, 0.1) is 6.42 Å². The first-order chi connectivity index (χ1) is 8.84. The van der Waals surface area contributed by atoms with E-state index in [0.717, 1.165) is 0 Å². The Morgan fingerprint density at radius 3 is 1.90 bits per heavy atom. The van der Waals surface area contributed by atoms with Gasteiger partial charge >= 0.3 is 36.6 Å². The van der Waals surface area contributed by atoms with Gasteiger partial charge in [0, 0.05) is 5.57 Å². The van der Waals surface area contributed by atoms with Gasteiger partial charge in [-0.3, -0.25) is 4.79 Å². The monoisotopic (exact) mass is 312 g/mol. The van der Waals surface area contributed by atoms with E-state index in [2.05, 4.69) is 11.3 Å². The van der Waals surface area contributed by atoms with Gasteiger partial charge < -0.3 is 9.84 Å². The molecule has 1 N–H and O–H groups in total. The Labute approximate surface area is 106 Å². The van der Waals surface area contributed by atoms with Crippen molar-refractivity contribution < 1.29 is 50.2 Å². The maximum atomic E-state index is 12.8. The lowest BCUT2D eigenvalue weighted by molar-refractivity contribution is -0.318. The summed E-state index contributed by atoms with van der Waals surface area (Å²) >= 11 is 0. The Balaban J connectivity index is 4.92. The third kappa shape index (κ3) is 3.84. The van der Waals surface area contributed by atoms with E-state index < -0.39 is 48.6 Å². The number of rotatable bonds is 7. The number of alkyl halides is 7. The van der Waals surface area contributed by atoms with E-state index in [1.165, 1.54) is 0 Å². The molecule has 1 unspecified atom stereocenters. The smallest absolute Gasteiger partial charge is 0.381 e. The van der Waals surface area contributed by atoms with Crippen LogP contribution in [0.1, 0.15) is 6.42 Å². The number of ether oxygens (including phenoxy) is 1. The third-order valence-electron chi connectivity index (χ3n) is 1.87. The van der Waals surface area contributed by atoms with Crippen LogP contribution in [0.2, 0.25) is 0 Å². The normalized spacial score (nSPS) is 14.0. The topological polar surface area (TPSA) is 63.6 Å². The van der Waals surface area contributed by atoms with Crippen LogP contribution in [0.15, 0.2) is 12.2 Å². The standard InChI is InChI=1S/C9H7F7O4/c1-3(2-4(17)18)5(19)20-7(12)9(15,16)8(13,14)6(10)11/h6-7H,1-2H2,(H,17,18). The van der Waals surface area contributed by atoms with E-state index in [0.29, 0.717) is 0 Å². The highest BCUT2D eigenvalue weighted by Crippen LogP contribution is 2.43. The van der Waals surface area contributed by atoms with Gasteiger partial charge in [0.2, 0.25) is 0 Å². The molecule has 0 saturated carbocycles. The van der Waals surface area contributed by atoms with Crippen molar-refractivity contribution in [2.75, 3.05) is 0 Å². The van der Waals surface area contributed by atoms with Crippen molar-refractivity contribution in [1.82, 2.24) is 0 Å². The Bertz CT molecular complexity index is 407. The van der Waals surface area contributed by atoms with Crippen LogP contribution in [0.5, 0.6) is 0 Å². The van der Waals surface area contributed by atoms with E-state index >= 15 is 0 Å². The van der Waals surface area contributed by atoms with E-state index in [1.807, 2.05) is 0 Å². The van der Waals surface area contributed by atoms with Crippen molar-refractivity contribution in [3.05, 3.63) is 12.2 Å². The predicted octanol–water partition coefficient (Wildman–Crippen LogP) is 2.39. The maximum absolute atomic E-state index is 12.8. The second-order valence-corrected chi connectivity index (χ2v) is 3.44. The van der Waals surface area contributed by atoms with E-state index in [1.54, 1.807) is 0 Å². The van der Waals surface area contributed by atoms with Crippen molar-refractivity contribution in [3.8, 4) is 0 Å². The van der Waals surface area contributed by atoms with Crippen LogP contribution in [0.3, 0.4) is 0 Å². The van der Waals surface area contributed by atoms with Gasteiger partial charge in [-0.05, 0) is 0 Å². The van der Waals surface area contributed by atoms with Gasteiger partial charge in [0.1, 0.15) is 0 Å². The summed E-state index contributed by atoms with van der Waals surface area (Å²) in [6, 6.07) is 0. The lowest BCUT2D eigenvalue weighted by Gasteiger charge is -2.27. The average Bonchev–Trinajstić information content (AvgIpc) is 2.27. The second kappa shape index (κ2) is 6.09. The number of hydrogen-bond acceptors (Lipinski definition) is 3. The molecule has 11 heteroatoms. The molecule has 0 aliphatic carbocycles. The molecule has 0 radical (unpaired) electrons. The number of carboxylic acid groups (broad SMARTS) is 1. The SMILES string of the molecule is C=C(CC(=O)O)C(=O)OC(F)C(F)(F)C(F)(F)C(F)F. The predicted molar refractivity (Wildman–Crippen MR) is 48.3 cm³/mol. The Morgan fingerprint density at radius 1 is 1.10 bits per heavy atom. The van der Waals surface area contributed by atoms with Gasteiger partial charge in [0.25, 0.3) is 0 Å². The molecular weight excluding hydrogens is 305 g/mol. The minimum Gasteiger partial charge on any atom is -0.481 e. The molecule has 0 spiro atoms. The van der Waals surface area contributed by atoms with Crippen LogP contribution in [0.4, 0.5) is 30.7 Å². The molecule has 0 fully saturated rings. The molecule has 0 aromatic rings. The summed E-state index contributed by atoms with van der Waals surface area (Å²) in [5.74, 6) is -15.8. The van der Waals surface area contributed by atoms with E-state index in [-0.39, 0.29) is 0 Å². The first-order valence-electron chi connectivity index (χ1n) is 4.62. The molecule has 0 rings (SSSR count). The van der Waals surface area contributed by atoms with Crippen molar-refractivity contribution >= 4 is 11.9 Å². The lowest BCUT2D eigenvalue weighted by atomic mass is 10.1. The summed E-state index contributed by atoms with van der Waals surface area (Å²) in [5.41, 5.74) is -1.03. The first-order valence-corrected chi connectivity index (χ1v) is 4.62. The fourth-order valence-corrected chi connectivity index (χ4v) is 0.803. The molecule has 0 bridgehead atoms. The van der Waals surface area contributed by atoms with Crippen molar-refractivity contribution in [1.29, 1.82) is 0 Å². The highest BCUT2D eigenvalue weighted by atomic mass is 19.3. The zero-order valence-electron chi connectivity index (χ0n) is 9.39. The number of aliphatic carboxylic acids is 1. The number of halogens is 7. The summed E-state index contributed by atoms with van der Waals surface area (Å²) in [6.07, 6.45) is -10.4. The highest BCUT2D eigenvalue weighted by molar-refractivity contribution is 5.92. The second-order valence-electron chi connectivity index (χ2n) is 3.44. The van der Waals surface area contributed by atoms with Gasteiger partial charge in [-0.25, -0.2) is 13.6 Å². The van der Waals surface area contributed by atoms with Crippen molar-refractivity contribution in [2.24, 2.45) is 0 Å². The fourth-order valence-electron chi connectivity index (χ4n) is 0.803. The summed E-state index contributed by atoms with van der Waals surface area (Å²) in [6.45, 7) is 2.72. The third-order valence-corrected chi connectivity index (χ3v) is 1.87. The number of carbonyl (C=O) groups is 2. The molecule has 0 saturated heterocycles. The van der Waals surface area contributed by atoms with E-state index in [4.69, 9.17) is 5.11 Å². The zero-order chi connectivity index (χ0) is 16.3. The quantitative estimate of drug-likeness (QED) is 0.445. The maximum Gasteiger partial charge on any atom is 0.381 e. The minimum absolute atomic E-state index is 1.03. The van der Waals surface area contributed by atoms with Crippen LogP contribution in [0, 0.1) is 0 Å². The largest absolute Gasteiger partial charge is 0.481 e. The molecule has 1 atom stereocenters. The highest BCUT2D eigenvalue weighted by Gasteiger charge is 2.69. The van der Waals surface area contributed by atoms with Gasteiger partial charge in [-0.2, -0.15) is 22.0 Å². The first kappa shape index (κ1) is 18.2. The molecule has 4 nitrogen and oxygen atoms in total. The summed E-state index contributed by atoms with van der Waals surface area (Å²) in [7, 11) is 0. The number of hydrogen-bond donors (Lipinski definition) is 1. The lowest BCUT2D eigenvalue weighted by Crippen LogP contribution is -2.53. The van der Waals surface area contributed by atoms with Gasteiger partial charge in [-0.1, -0.05) is 6.58 Å². The Hall–Kier alpha value is -1.81. The molecule has 0 aliphatic rings. The molecule has 0 aliphatic heterocycles. The Morgan fingerprint density at radius 2 is 1.55 bits per heavy atom. The molecule has 20 heavy (non-hydrogen) atoms. The van der Waals surface area contributed by atoms with Crippen LogP contribution in [-0.4, -0.2) is 41.7 Å². The van der Waals surface area contributed by atoms with E-state index in [9.17, 15) is 40.3 Å². The summed E-state index contributed by atoms with van der Waals surface area (Å²) in [5, 5.41) is 8.20. The number of carboxylic acids is 1. The van der Waals surface area contributed by atoms with Crippen LogP contribution >= 0.6 is 0 Å². The van der Waals surface area contributed by atoms with Crippen molar-refractivity contribution in [3.63, 3.8) is 0 Å². The average molecular weight is 312 g/mol. The molecule has 0 aromatic carbocycles. The zero-order valence-corrected chi connectivity index (χ0v) is 9.39. The van der Waals surface area contributed by atoms with Crippen molar-refractivity contribution in [2.45, 2.75) is 31.0 Å². The fraction of sp³-hybridized carbons (Fsp3) is 0.556. The number of esters is 1. The molecule has 0 amide bonds. The van der Waals surface area contributed by atoms with Crippen LogP contribution in [-0.2, 0) is 14.3 Å².